The lowest BCUT2D eigenvalue weighted by Crippen LogP contribution is -2.27. The number of hydrogen-bond acceptors (Lipinski definition) is 4. The number of benzene rings is 1. The summed E-state index contributed by atoms with van der Waals surface area (Å²) in [7, 11) is 0. The molecule has 0 fully saturated rings. The average molecular weight is 382 g/mol. The van der Waals surface area contributed by atoms with Gasteiger partial charge >= 0.3 is 6.18 Å². The monoisotopic (exact) mass is 382 g/mol. The minimum absolute atomic E-state index is 0.0684. The van der Waals surface area contributed by atoms with Gasteiger partial charge < -0.3 is 10.3 Å². The average Bonchev–Trinajstić information content (AvgIpc) is 2.59. The first-order chi connectivity index (χ1) is 12.7. The summed E-state index contributed by atoms with van der Waals surface area (Å²) in [6.07, 6.45) is -3.33. The molecule has 1 amide bonds. The van der Waals surface area contributed by atoms with Crippen LogP contribution in [-0.2, 0) is 17.4 Å². The van der Waals surface area contributed by atoms with Crippen LogP contribution < -0.4 is 10.9 Å². The van der Waals surface area contributed by atoms with Crippen molar-refractivity contribution < 1.29 is 18.0 Å². The highest BCUT2D eigenvalue weighted by molar-refractivity contribution is 5.76. The number of rotatable bonds is 7. The Hall–Kier alpha value is -2.71. The summed E-state index contributed by atoms with van der Waals surface area (Å²) in [5.41, 5.74) is -0.896. The van der Waals surface area contributed by atoms with Crippen molar-refractivity contribution in [2.45, 2.75) is 39.3 Å². The fourth-order valence-corrected chi connectivity index (χ4v) is 2.29. The molecular formula is C18H21F3N4O2. The Morgan fingerprint density at radius 1 is 1.19 bits per heavy atom. The van der Waals surface area contributed by atoms with Crippen molar-refractivity contribution in [2.75, 3.05) is 6.54 Å². The van der Waals surface area contributed by atoms with Crippen LogP contribution in [0.2, 0.25) is 0 Å². The van der Waals surface area contributed by atoms with Gasteiger partial charge in [-0.1, -0.05) is 26.0 Å². The number of nitrogens with zero attached hydrogens (tertiary/aromatic N) is 2. The highest BCUT2D eigenvalue weighted by atomic mass is 19.4. The van der Waals surface area contributed by atoms with E-state index in [1.54, 1.807) is 0 Å². The van der Waals surface area contributed by atoms with Crippen LogP contribution in [0.4, 0.5) is 13.2 Å². The Bertz CT molecular complexity index is 830. The van der Waals surface area contributed by atoms with Crippen molar-refractivity contribution in [3.8, 4) is 11.4 Å². The van der Waals surface area contributed by atoms with Crippen molar-refractivity contribution >= 4 is 5.91 Å². The Morgan fingerprint density at radius 3 is 2.41 bits per heavy atom. The van der Waals surface area contributed by atoms with E-state index in [0.717, 1.165) is 18.6 Å². The second-order valence-corrected chi connectivity index (χ2v) is 6.56. The summed E-state index contributed by atoms with van der Waals surface area (Å²) in [5.74, 6) is 0.374. The molecule has 2 aromatic rings. The fraction of sp³-hybridized carbons (Fsp3) is 0.444. The lowest BCUT2D eigenvalue weighted by molar-refractivity contribution is -0.137. The van der Waals surface area contributed by atoms with Crippen molar-refractivity contribution in [3.05, 3.63) is 45.9 Å². The van der Waals surface area contributed by atoms with E-state index in [1.165, 1.54) is 12.1 Å². The van der Waals surface area contributed by atoms with Crippen LogP contribution in [0.1, 0.15) is 37.9 Å². The zero-order valence-electron chi connectivity index (χ0n) is 15.1. The van der Waals surface area contributed by atoms with E-state index in [9.17, 15) is 22.8 Å². The third-order valence-electron chi connectivity index (χ3n) is 3.88. The number of aromatic amines is 1. The zero-order valence-corrected chi connectivity index (χ0v) is 15.1. The number of amides is 1. The van der Waals surface area contributed by atoms with Crippen LogP contribution in [-0.4, -0.2) is 27.6 Å². The van der Waals surface area contributed by atoms with Gasteiger partial charge in [-0.25, -0.2) is 0 Å². The number of H-pyrrole nitrogens is 1. The van der Waals surface area contributed by atoms with Gasteiger partial charge in [0.25, 0.3) is 5.56 Å². The third kappa shape index (κ3) is 6.19. The van der Waals surface area contributed by atoms with Gasteiger partial charge in [0.2, 0.25) is 5.91 Å². The SMILES string of the molecule is CC(C)CCNC(=O)CCc1nnc(-c2ccc(C(F)(F)F)cc2)[nH]c1=O. The lowest BCUT2D eigenvalue weighted by atomic mass is 10.1. The molecule has 0 saturated carbocycles. The number of nitrogens with one attached hydrogen (secondary N) is 2. The first kappa shape index (κ1) is 20.6. The summed E-state index contributed by atoms with van der Waals surface area (Å²) in [5, 5.41) is 10.4. The van der Waals surface area contributed by atoms with Gasteiger partial charge in [-0.05, 0) is 24.5 Å². The van der Waals surface area contributed by atoms with Crippen LogP contribution >= 0.6 is 0 Å². The first-order valence-corrected chi connectivity index (χ1v) is 8.57. The molecule has 6 nitrogen and oxygen atoms in total. The smallest absolute Gasteiger partial charge is 0.356 e. The van der Waals surface area contributed by atoms with Gasteiger partial charge in [0.15, 0.2) is 5.82 Å². The summed E-state index contributed by atoms with van der Waals surface area (Å²) in [6, 6.07) is 4.24. The van der Waals surface area contributed by atoms with Crippen LogP contribution in [0.25, 0.3) is 11.4 Å². The molecule has 1 aromatic carbocycles. The molecule has 9 heteroatoms. The predicted molar refractivity (Wildman–Crippen MR) is 93.9 cm³/mol. The van der Waals surface area contributed by atoms with Gasteiger partial charge in [0.1, 0.15) is 5.69 Å². The quantitative estimate of drug-likeness (QED) is 0.771. The minimum Gasteiger partial charge on any atom is -0.356 e. The zero-order chi connectivity index (χ0) is 20.0. The van der Waals surface area contributed by atoms with Gasteiger partial charge in [0, 0.05) is 24.9 Å². The molecule has 0 aliphatic carbocycles. The highest BCUT2D eigenvalue weighted by Gasteiger charge is 2.30. The second-order valence-electron chi connectivity index (χ2n) is 6.56. The molecule has 146 valence electrons. The lowest BCUT2D eigenvalue weighted by Gasteiger charge is -2.08. The van der Waals surface area contributed by atoms with Gasteiger partial charge in [-0.15, -0.1) is 10.2 Å². The molecule has 1 heterocycles. The molecular weight excluding hydrogens is 361 g/mol. The maximum Gasteiger partial charge on any atom is 0.416 e. The van der Waals surface area contributed by atoms with E-state index in [-0.39, 0.29) is 30.3 Å². The Balaban J connectivity index is 1.99. The van der Waals surface area contributed by atoms with Crippen LogP contribution in [0.3, 0.4) is 0 Å². The molecule has 0 spiro atoms. The number of alkyl halides is 3. The topological polar surface area (TPSA) is 87.7 Å². The van der Waals surface area contributed by atoms with Crippen molar-refractivity contribution in [3.63, 3.8) is 0 Å². The van der Waals surface area contributed by atoms with Gasteiger partial charge in [0.05, 0.1) is 5.56 Å². The van der Waals surface area contributed by atoms with Crippen LogP contribution in [0, 0.1) is 5.92 Å². The molecule has 2 rings (SSSR count). The predicted octanol–water partition coefficient (Wildman–Crippen LogP) is 2.95. The van der Waals surface area contributed by atoms with Gasteiger partial charge in [-0.2, -0.15) is 13.2 Å². The third-order valence-corrected chi connectivity index (χ3v) is 3.88. The van der Waals surface area contributed by atoms with E-state index in [4.69, 9.17) is 0 Å². The number of carbonyl (C=O) groups is 1. The maximum atomic E-state index is 12.6. The molecule has 0 bridgehead atoms. The van der Waals surface area contributed by atoms with Crippen LogP contribution in [0.15, 0.2) is 29.1 Å². The van der Waals surface area contributed by atoms with Crippen molar-refractivity contribution in [1.82, 2.24) is 20.5 Å². The Labute approximate surface area is 154 Å². The second kappa shape index (κ2) is 8.79. The van der Waals surface area contributed by atoms with Crippen molar-refractivity contribution in [2.24, 2.45) is 5.92 Å². The van der Waals surface area contributed by atoms with E-state index in [0.29, 0.717) is 18.0 Å². The molecule has 0 aliphatic heterocycles. The molecule has 0 atom stereocenters. The minimum atomic E-state index is -4.43. The molecule has 0 radical (unpaired) electrons. The van der Waals surface area contributed by atoms with Crippen molar-refractivity contribution in [1.29, 1.82) is 0 Å². The Morgan fingerprint density at radius 2 is 1.85 bits per heavy atom. The van der Waals surface area contributed by atoms with E-state index < -0.39 is 17.3 Å². The number of hydrogen-bond donors (Lipinski definition) is 2. The maximum absolute atomic E-state index is 12.6. The standard InChI is InChI=1S/C18H21F3N4O2/c1-11(2)9-10-22-15(26)8-7-14-17(27)23-16(25-24-14)12-3-5-13(6-4-12)18(19,20)21/h3-6,11H,7-10H2,1-2H3,(H,22,26)(H,23,25,27). The highest BCUT2D eigenvalue weighted by Crippen LogP contribution is 2.30. The van der Waals surface area contributed by atoms with E-state index in [2.05, 4.69) is 34.3 Å². The largest absolute Gasteiger partial charge is 0.416 e. The Kier molecular flexibility index (Phi) is 6.70. The summed E-state index contributed by atoms with van der Waals surface area (Å²) < 4.78 is 37.8. The number of aromatic nitrogens is 3. The molecule has 27 heavy (non-hydrogen) atoms. The van der Waals surface area contributed by atoms with Gasteiger partial charge in [-0.3, -0.25) is 9.59 Å². The van der Waals surface area contributed by atoms with E-state index in [1.807, 2.05) is 0 Å². The number of halogens is 3. The summed E-state index contributed by atoms with van der Waals surface area (Å²) in [6.45, 7) is 4.68. The molecule has 1 aromatic heterocycles. The molecule has 0 saturated heterocycles. The number of carbonyl (C=O) groups excluding carboxylic acids is 1. The molecule has 2 N–H and O–H groups in total. The molecule has 0 aliphatic rings. The number of aryl methyl sites for hydroxylation is 1. The molecule has 0 unspecified atom stereocenters. The van der Waals surface area contributed by atoms with E-state index >= 15 is 0 Å². The fourth-order valence-electron chi connectivity index (χ4n) is 2.29. The summed E-state index contributed by atoms with van der Waals surface area (Å²) >= 11 is 0. The van der Waals surface area contributed by atoms with Crippen LogP contribution in [0.5, 0.6) is 0 Å². The first-order valence-electron chi connectivity index (χ1n) is 8.57. The normalized spacial score (nSPS) is 11.6. The summed E-state index contributed by atoms with van der Waals surface area (Å²) in [4.78, 5) is 26.3.